The first kappa shape index (κ1) is 19.0. The summed E-state index contributed by atoms with van der Waals surface area (Å²) in [4.78, 5) is 15.7. The Kier molecular flexibility index (Phi) is 4.74. The molecule has 1 fully saturated rings. The van der Waals surface area contributed by atoms with Gasteiger partial charge in [0.1, 0.15) is 18.0 Å². The number of aliphatic imine (C=N–C) groups is 1. The van der Waals surface area contributed by atoms with Crippen molar-refractivity contribution in [3.05, 3.63) is 53.3 Å². The number of hydrogen-bond donors (Lipinski definition) is 4. The summed E-state index contributed by atoms with van der Waals surface area (Å²) in [6.07, 6.45) is 0.358. The normalized spacial score (nSPS) is 17.2. The Labute approximate surface area is 166 Å². The summed E-state index contributed by atoms with van der Waals surface area (Å²) in [5, 5.41) is 16.4. The number of nitrogens with one attached hydrogen (secondary N) is 3. The highest BCUT2D eigenvalue weighted by molar-refractivity contribution is 7.92. The lowest BCUT2D eigenvalue weighted by molar-refractivity contribution is -0.117. The maximum absolute atomic E-state index is 14.5. The van der Waals surface area contributed by atoms with Gasteiger partial charge in [0, 0.05) is 12.2 Å². The van der Waals surface area contributed by atoms with E-state index in [4.69, 9.17) is 0 Å². The van der Waals surface area contributed by atoms with Gasteiger partial charge in [0.2, 0.25) is 0 Å². The number of fused-ring (bicyclic) bond motifs is 1. The van der Waals surface area contributed by atoms with E-state index >= 15 is 0 Å². The fraction of sp³-hybridized carbons (Fsp3) is 0.222. The van der Waals surface area contributed by atoms with Crippen LogP contribution >= 0.6 is 0 Å². The average molecular weight is 419 g/mol. The molecule has 2 aliphatic rings. The van der Waals surface area contributed by atoms with Crippen LogP contribution in [-0.2, 0) is 28.0 Å². The minimum absolute atomic E-state index is 0.358. The van der Waals surface area contributed by atoms with Crippen LogP contribution in [0.1, 0.15) is 11.1 Å². The summed E-state index contributed by atoms with van der Waals surface area (Å²) >= 11 is 0. The van der Waals surface area contributed by atoms with Crippen LogP contribution in [0.5, 0.6) is 5.75 Å². The number of para-hydroxylation sites is 1. The molecule has 2 aromatic rings. The van der Waals surface area contributed by atoms with E-state index in [0.717, 1.165) is 17.3 Å². The van der Waals surface area contributed by atoms with Gasteiger partial charge in [0.05, 0.1) is 6.54 Å². The van der Waals surface area contributed by atoms with Gasteiger partial charge in [0.25, 0.3) is 5.91 Å². The number of aromatic hydroxyl groups is 1. The molecule has 0 radical (unpaired) electrons. The van der Waals surface area contributed by atoms with Gasteiger partial charge in [-0.15, -0.1) is 0 Å². The molecule has 0 aliphatic carbocycles. The van der Waals surface area contributed by atoms with Gasteiger partial charge in [-0.05, 0) is 35.7 Å². The van der Waals surface area contributed by atoms with E-state index in [9.17, 15) is 22.7 Å². The van der Waals surface area contributed by atoms with Gasteiger partial charge in [-0.2, -0.15) is 8.42 Å². The number of hydrogen-bond acceptors (Lipinski definition) is 7. The number of nitrogens with zero attached hydrogens (tertiary/aromatic N) is 2. The second kappa shape index (κ2) is 7.24. The second-order valence-corrected chi connectivity index (χ2v) is 8.20. The van der Waals surface area contributed by atoms with Crippen molar-refractivity contribution in [2.24, 2.45) is 4.99 Å². The van der Waals surface area contributed by atoms with Crippen molar-refractivity contribution in [2.45, 2.75) is 13.0 Å². The third-order valence-corrected chi connectivity index (χ3v) is 5.93. The predicted octanol–water partition coefficient (Wildman–Crippen LogP) is 0.826. The van der Waals surface area contributed by atoms with Crippen molar-refractivity contribution in [3.63, 3.8) is 0 Å². The van der Waals surface area contributed by atoms with Gasteiger partial charge < -0.3 is 15.7 Å². The van der Waals surface area contributed by atoms with Crippen molar-refractivity contribution in [1.82, 2.24) is 10.0 Å². The van der Waals surface area contributed by atoms with E-state index in [-0.39, 0.29) is 0 Å². The van der Waals surface area contributed by atoms with E-state index in [1.54, 1.807) is 4.72 Å². The van der Waals surface area contributed by atoms with Gasteiger partial charge in [-0.3, -0.25) is 4.79 Å². The molecule has 0 saturated carbocycles. The van der Waals surface area contributed by atoms with Crippen molar-refractivity contribution in [2.75, 3.05) is 22.7 Å². The molecule has 1 amide bonds. The van der Waals surface area contributed by atoms with Crippen LogP contribution in [0.4, 0.5) is 15.8 Å². The fourth-order valence-electron chi connectivity index (χ4n) is 3.21. The molecule has 0 spiro atoms. The lowest BCUT2D eigenvalue weighted by Crippen LogP contribution is -2.34. The SMILES string of the molecule is O=C1CN(c2c(O)cc(CCNC3=NCc4ccccc4N3)cc2F)S(=O)(=O)N1. The maximum atomic E-state index is 14.5. The Morgan fingerprint density at radius 3 is 2.79 bits per heavy atom. The molecule has 2 aliphatic heterocycles. The average Bonchev–Trinajstić information content (AvgIpc) is 2.93. The highest BCUT2D eigenvalue weighted by atomic mass is 32.2. The van der Waals surface area contributed by atoms with Crippen molar-refractivity contribution in [3.8, 4) is 5.75 Å². The largest absolute Gasteiger partial charge is 0.506 e. The molecule has 152 valence electrons. The number of rotatable bonds is 4. The number of benzene rings is 2. The minimum atomic E-state index is -4.21. The van der Waals surface area contributed by atoms with Crippen LogP contribution in [0.2, 0.25) is 0 Å². The zero-order valence-corrected chi connectivity index (χ0v) is 16.0. The standard InChI is InChI=1S/C18H18FN5O4S/c19-13-7-11(8-15(25)17(13)24-10-16(26)23-29(24,27)28)5-6-20-18-21-9-12-3-1-2-4-14(12)22-18/h1-4,7-8,25H,5-6,9-10H2,(H,23,26)(H2,20,21,22). The van der Waals surface area contributed by atoms with E-state index in [0.29, 0.717) is 35.3 Å². The highest BCUT2D eigenvalue weighted by Gasteiger charge is 2.37. The number of anilines is 2. The minimum Gasteiger partial charge on any atom is -0.506 e. The van der Waals surface area contributed by atoms with Crippen LogP contribution in [0, 0.1) is 5.82 Å². The third kappa shape index (κ3) is 3.81. The van der Waals surface area contributed by atoms with Gasteiger partial charge >= 0.3 is 10.2 Å². The number of guanidine groups is 1. The second-order valence-electron chi connectivity index (χ2n) is 6.61. The van der Waals surface area contributed by atoms with Crippen molar-refractivity contribution in [1.29, 1.82) is 0 Å². The number of carbonyl (C=O) groups excluding carboxylic acids is 1. The number of phenols is 1. The topological polar surface area (TPSA) is 123 Å². The summed E-state index contributed by atoms with van der Waals surface area (Å²) in [5.41, 5.74) is 1.97. The lowest BCUT2D eigenvalue weighted by atomic mass is 10.1. The van der Waals surface area contributed by atoms with Crippen molar-refractivity contribution < 1.29 is 22.7 Å². The molecule has 4 N–H and O–H groups in total. The molecular formula is C18H18FN5O4S. The molecule has 1 saturated heterocycles. The number of carbonyl (C=O) groups is 1. The van der Waals surface area contributed by atoms with Gasteiger partial charge in [0.15, 0.2) is 11.8 Å². The third-order valence-electron chi connectivity index (χ3n) is 4.56. The number of halogens is 1. The summed E-state index contributed by atoms with van der Waals surface area (Å²) in [6.45, 7) is 0.377. The molecular weight excluding hydrogens is 401 g/mol. The van der Waals surface area contributed by atoms with Gasteiger partial charge in [-0.25, -0.2) is 18.4 Å². The molecule has 2 heterocycles. The molecule has 11 heteroatoms. The number of phenolic OH excluding ortho intramolecular Hbond substituents is 1. The monoisotopic (exact) mass is 419 g/mol. The zero-order valence-electron chi connectivity index (χ0n) is 15.1. The van der Waals surface area contributed by atoms with E-state index in [1.807, 2.05) is 24.3 Å². The molecule has 0 unspecified atom stereocenters. The number of amides is 1. The zero-order chi connectivity index (χ0) is 20.6. The predicted molar refractivity (Wildman–Crippen MR) is 105 cm³/mol. The molecule has 4 rings (SSSR count). The van der Waals surface area contributed by atoms with E-state index in [1.165, 1.54) is 6.07 Å². The molecule has 0 bridgehead atoms. The molecule has 9 nitrogen and oxygen atoms in total. The van der Waals surface area contributed by atoms with Crippen molar-refractivity contribution >= 4 is 33.5 Å². The first-order valence-corrected chi connectivity index (χ1v) is 10.3. The van der Waals surface area contributed by atoms with Crippen LogP contribution < -0.4 is 19.7 Å². The molecule has 29 heavy (non-hydrogen) atoms. The molecule has 2 aromatic carbocycles. The first-order valence-electron chi connectivity index (χ1n) is 8.81. The Bertz CT molecular complexity index is 1100. The Hall–Kier alpha value is -3.34. The van der Waals surface area contributed by atoms with Gasteiger partial charge in [-0.1, -0.05) is 18.2 Å². The molecule has 0 aromatic heterocycles. The Balaban J connectivity index is 1.42. The highest BCUT2D eigenvalue weighted by Crippen LogP contribution is 2.34. The maximum Gasteiger partial charge on any atom is 0.326 e. The first-order chi connectivity index (χ1) is 13.8. The van der Waals surface area contributed by atoms with Crippen LogP contribution in [0.3, 0.4) is 0 Å². The Morgan fingerprint density at radius 2 is 2.07 bits per heavy atom. The lowest BCUT2D eigenvalue weighted by Gasteiger charge is -2.20. The van der Waals surface area contributed by atoms with E-state index < -0.39 is 39.9 Å². The van der Waals surface area contributed by atoms with E-state index in [2.05, 4.69) is 15.6 Å². The summed E-state index contributed by atoms with van der Waals surface area (Å²) in [7, 11) is -4.21. The van der Waals surface area contributed by atoms with Crippen LogP contribution in [0.25, 0.3) is 0 Å². The fourth-order valence-corrected chi connectivity index (χ4v) is 4.38. The summed E-state index contributed by atoms with van der Waals surface area (Å²) in [6, 6.07) is 10.2. The summed E-state index contributed by atoms with van der Waals surface area (Å²) in [5.74, 6) is -1.68. The molecule has 0 atom stereocenters. The summed E-state index contributed by atoms with van der Waals surface area (Å²) < 4.78 is 40.5. The van der Waals surface area contributed by atoms with Crippen LogP contribution in [-0.4, -0.2) is 38.5 Å². The smallest absolute Gasteiger partial charge is 0.326 e. The quantitative estimate of drug-likeness (QED) is 0.582. The Morgan fingerprint density at radius 1 is 1.28 bits per heavy atom. The van der Waals surface area contributed by atoms with Crippen LogP contribution in [0.15, 0.2) is 41.4 Å².